The fourth-order valence-corrected chi connectivity index (χ4v) is 2.69. The number of halogens is 4. The van der Waals surface area contributed by atoms with Crippen molar-refractivity contribution >= 4 is 17.3 Å². The van der Waals surface area contributed by atoms with E-state index in [1.807, 2.05) is 4.72 Å². The van der Waals surface area contributed by atoms with E-state index in [1.54, 1.807) is 0 Å². The van der Waals surface area contributed by atoms with Gasteiger partial charge in [0.2, 0.25) is 0 Å². The maximum atomic E-state index is 14.3. The monoisotopic (exact) mass is 355 g/mol. The van der Waals surface area contributed by atoms with E-state index in [4.69, 9.17) is 5.11 Å². The lowest BCUT2D eigenvalue weighted by Gasteiger charge is -2.38. The summed E-state index contributed by atoms with van der Waals surface area (Å²) < 4.78 is 69.1. The molecule has 23 heavy (non-hydrogen) atoms. The Balaban J connectivity index is 3.59. The summed E-state index contributed by atoms with van der Waals surface area (Å²) in [6.45, 7) is 2.27. The van der Waals surface area contributed by atoms with E-state index < -0.39 is 51.6 Å². The molecule has 4 nitrogen and oxygen atoms in total. The summed E-state index contributed by atoms with van der Waals surface area (Å²) in [6, 6.07) is 3.96. The Hall–Kier alpha value is -1.32. The van der Waals surface area contributed by atoms with Crippen molar-refractivity contribution in [2.45, 2.75) is 37.0 Å². The Labute approximate surface area is 134 Å². The van der Waals surface area contributed by atoms with E-state index in [-0.39, 0.29) is 0 Å². The van der Waals surface area contributed by atoms with Gasteiger partial charge >= 0.3 is 11.9 Å². The maximum Gasteiger partial charge on any atom is 0.377 e. The van der Waals surface area contributed by atoms with Gasteiger partial charge in [-0.15, -0.1) is 4.72 Å². The number of carboxylic acids is 1. The van der Waals surface area contributed by atoms with Crippen molar-refractivity contribution in [1.82, 2.24) is 4.72 Å². The van der Waals surface area contributed by atoms with Crippen LogP contribution in [0.4, 0.5) is 17.6 Å². The molecule has 0 bridgehead atoms. The molecular weight excluding hydrogens is 338 g/mol. The highest BCUT2D eigenvalue weighted by atomic mass is 32.2. The van der Waals surface area contributed by atoms with Gasteiger partial charge in [0.1, 0.15) is 17.2 Å². The quantitative estimate of drug-likeness (QED) is 0.608. The fourth-order valence-electron chi connectivity index (χ4n) is 1.77. The first-order valence-corrected chi connectivity index (χ1v) is 7.67. The Kier molecular flexibility index (Phi) is 5.71. The predicted octanol–water partition coefficient (Wildman–Crippen LogP) is 2.76. The molecule has 1 aromatic carbocycles. The van der Waals surface area contributed by atoms with Crippen molar-refractivity contribution in [3.63, 3.8) is 0 Å². The lowest BCUT2D eigenvalue weighted by molar-refractivity contribution is -0.180. The van der Waals surface area contributed by atoms with Crippen molar-refractivity contribution in [3.8, 4) is 0 Å². The van der Waals surface area contributed by atoms with Crippen LogP contribution in [0.2, 0.25) is 0 Å². The van der Waals surface area contributed by atoms with Gasteiger partial charge in [-0.3, -0.25) is 0 Å². The van der Waals surface area contributed by atoms with Gasteiger partial charge in [-0.05, 0) is 26.8 Å². The molecule has 9 heteroatoms. The van der Waals surface area contributed by atoms with Crippen molar-refractivity contribution < 1.29 is 32.0 Å². The second-order valence-electron chi connectivity index (χ2n) is 5.88. The summed E-state index contributed by atoms with van der Waals surface area (Å²) in [5, 5.41) is 8.80. The van der Waals surface area contributed by atoms with E-state index in [0.29, 0.717) is 0 Å². The van der Waals surface area contributed by atoms with Crippen LogP contribution in [0.1, 0.15) is 26.3 Å². The van der Waals surface area contributed by atoms with E-state index >= 15 is 0 Å². The average Bonchev–Trinajstić information content (AvgIpc) is 2.43. The third-order valence-electron chi connectivity index (χ3n) is 3.16. The Morgan fingerprint density at radius 3 is 2.22 bits per heavy atom. The predicted molar refractivity (Wildman–Crippen MR) is 77.7 cm³/mol. The fraction of sp³-hybridized carbons (Fsp3) is 0.500. The van der Waals surface area contributed by atoms with Crippen LogP contribution < -0.4 is 4.72 Å². The summed E-state index contributed by atoms with van der Waals surface area (Å²) in [5.74, 6) is -8.63. The zero-order valence-corrected chi connectivity index (χ0v) is 13.5. The molecule has 0 saturated heterocycles. The number of rotatable bonds is 6. The van der Waals surface area contributed by atoms with Gasteiger partial charge in [-0.2, -0.15) is 8.78 Å². The first kappa shape index (κ1) is 19.7. The van der Waals surface area contributed by atoms with E-state index in [0.717, 1.165) is 18.2 Å². The van der Waals surface area contributed by atoms with Crippen LogP contribution >= 0.6 is 0 Å². The minimum atomic E-state index is -4.75. The first-order chi connectivity index (χ1) is 10.4. The molecular formula is C14H17F4NO3S. The number of carboxylic acid groups (broad SMARTS) is 1. The molecule has 1 aromatic rings. The van der Waals surface area contributed by atoms with Crippen molar-refractivity contribution in [2.24, 2.45) is 0 Å². The van der Waals surface area contributed by atoms with Crippen LogP contribution in [-0.2, 0) is 21.7 Å². The van der Waals surface area contributed by atoms with Gasteiger partial charge in [-0.1, -0.05) is 18.2 Å². The molecule has 0 aromatic heterocycles. The van der Waals surface area contributed by atoms with Crippen LogP contribution in [0.3, 0.4) is 0 Å². The Morgan fingerprint density at radius 2 is 1.83 bits per heavy atom. The van der Waals surface area contributed by atoms with Crippen LogP contribution in [0.15, 0.2) is 24.3 Å². The molecule has 0 radical (unpaired) electrons. The van der Waals surface area contributed by atoms with Gasteiger partial charge in [-0.25, -0.2) is 13.6 Å². The standard InChI is InChI=1S/C14H17F4NO3S/c1-12(2,3)23(22)19-13(8-15,14(17,18)11(20)21)9-6-4-5-7-10(9)16/h4-7,19H,8H2,1-3H3,(H,20,21)/t13?,23-/m1/s1. The molecule has 0 amide bonds. The number of hydrogen-bond acceptors (Lipinski definition) is 3. The molecule has 0 heterocycles. The maximum absolute atomic E-state index is 14.3. The smallest absolute Gasteiger partial charge is 0.377 e. The molecule has 2 N–H and O–H groups in total. The van der Waals surface area contributed by atoms with Gasteiger partial charge in [0.25, 0.3) is 0 Å². The third-order valence-corrected chi connectivity index (χ3v) is 4.81. The normalized spacial score (nSPS) is 16.7. The summed E-state index contributed by atoms with van der Waals surface area (Å²) in [5.41, 5.74) is -4.21. The van der Waals surface area contributed by atoms with Gasteiger partial charge in [0.15, 0.2) is 5.54 Å². The molecule has 0 aliphatic rings. The van der Waals surface area contributed by atoms with Gasteiger partial charge in [0, 0.05) is 16.9 Å². The Morgan fingerprint density at radius 1 is 1.30 bits per heavy atom. The second kappa shape index (κ2) is 6.66. The lowest BCUT2D eigenvalue weighted by atomic mass is 9.85. The molecule has 2 atom stereocenters. The van der Waals surface area contributed by atoms with Crippen molar-refractivity contribution in [2.75, 3.05) is 6.67 Å². The molecule has 0 aliphatic heterocycles. The summed E-state index contributed by atoms with van der Waals surface area (Å²) >= 11 is -2.28. The highest BCUT2D eigenvalue weighted by Crippen LogP contribution is 2.41. The van der Waals surface area contributed by atoms with Crippen molar-refractivity contribution in [1.29, 1.82) is 0 Å². The number of benzene rings is 1. The number of carbonyl (C=O) groups is 1. The summed E-state index contributed by atoms with van der Waals surface area (Å²) in [6.07, 6.45) is 0. The molecule has 0 spiro atoms. The summed E-state index contributed by atoms with van der Waals surface area (Å²) in [7, 11) is 0. The highest BCUT2D eigenvalue weighted by molar-refractivity contribution is 7.90. The SMILES string of the molecule is CC(C)(C)[S@@+]([O-])NC(CF)(c1ccccc1F)C(F)(F)C(=O)O. The molecule has 0 aliphatic carbocycles. The van der Waals surface area contributed by atoms with Crippen LogP contribution in [-0.4, -0.2) is 33.0 Å². The molecule has 0 saturated carbocycles. The Bertz CT molecular complexity index is 579. The number of alkyl halides is 3. The largest absolute Gasteiger partial charge is 0.598 e. The van der Waals surface area contributed by atoms with Gasteiger partial charge in [0.05, 0.1) is 0 Å². The second-order valence-corrected chi connectivity index (χ2v) is 7.85. The van der Waals surface area contributed by atoms with Crippen LogP contribution in [0, 0.1) is 5.82 Å². The minimum Gasteiger partial charge on any atom is -0.598 e. The van der Waals surface area contributed by atoms with Crippen LogP contribution in [0.5, 0.6) is 0 Å². The van der Waals surface area contributed by atoms with Crippen LogP contribution in [0.25, 0.3) is 0 Å². The van der Waals surface area contributed by atoms with Crippen molar-refractivity contribution in [3.05, 3.63) is 35.6 Å². The topological polar surface area (TPSA) is 72.4 Å². The highest BCUT2D eigenvalue weighted by Gasteiger charge is 2.65. The van der Waals surface area contributed by atoms with E-state index in [2.05, 4.69) is 0 Å². The summed E-state index contributed by atoms with van der Waals surface area (Å²) in [4.78, 5) is 11.0. The van der Waals surface area contributed by atoms with Gasteiger partial charge < -0.3 is 9.66 Å². The third kappa shape index (κ3) is 3.61. The number of nitrogens with one attached hydrogen (secondary N) is 1. The molecule has 1 rings (SSSR count). The number of aliphatic carboxylic acids is 1. The average molecular weight is 355 g/mol. The van der Waals surface area contributed by atoms with E-state index in [1.165, 1.54) is 26.8 Å². The minimum absolute atomic E-state index is 0.791. The number of hydrogen-bond donors (Lipinski definition) is 2. The first-order valence-electron chi connectivity index (χ1n) is 6.52. The lowest BCUT2D eigenvalue weighted by Crippen LogP contribution is -2.64. The molecule has 1 unspecified atom stereocenters. The van der Waals surface area contributed by atoms with E-state index in [9.17, 15) is 26.9 Å². The molecule has 130 valence electrons. The zero-order chi connectivity index (χ0) is 18.1. The zero-order valence-electron chi connectivity index (χ0n) is 12.7. The molecule has 0 fully saturated rings.